The van der Waals surface area contributed by atoms with Crippen molar-refractivity contribution in [3.8, 4) is 11.5 Å². The number of phenols is 1. The van der Waals surface area contributed by atoms with Crippen molar-refractivity contribution in [3.63, 3.8) is 0 Å². The number of carbonyl (C=O) groups excluding carboxylic acids is 4. The first-order valence-corrected chi connectivity index (χ1v) is 38.8. The first kappa shape index (κ1) is 65.0. The van der Waals surface area contributed by atoms with E-state index in [4.69, 9.17) is 37.6 Å². The number of hydrogen-bond acceptors (Lipinski definition) is 13. The second kappa shape index (κ2) is 30.5. The zero-order valence-corrected chi connectivity index (χ0v) is 52.9. The molecule has 13 nitrogen and oxygen atoms in total. The van der Waals surface area contributed by atoms with Crippen molar-refractivity contribution in [2.45, 2.75) is 103 Å². The number of rotatable bonds is 14. The molecular formula is C56H80O13Se2Si3. The summed E-state index contributed by atoms with van der Waals surface area (Å²) in [6, 6.07) is 22.2. The molecule has 3 aliphatic heterocycles. The fourth-order valence-corrected chi connectivity index (χ4v) is 13.0. The number of cyclic esters (lactones) is 3. The van der Waals surface area contributed by atoms with E-state index < -0.39 is 28.8 Å². The van der Waals surface area contributed by atoms with Crippen LogP contribution in [0.5, 0.6) is 11.5 Å². The van der Waals surface area contributed by atoms with E-state index >= 15 is 0 Å². The van der Waals surface area contributed by atoms with Gasteiger partial charge in [-0.3, -0.25) is 0 Å². The number of carbonyl (C=O) groups is 4. The Morgan fingerprint density at radius 3 is 1.91 bits per heavy atom. The molecule has 3 atom stereocenters. The Labute approximate surface area is 456 Å². The van der Waals surface area contributed by atoms with Gasteiger partial charge in [-0.2, -0.15) is 0 Å². The predicted molar refractivity (Wildman–Crippen MR) is 305 cm³/mol. The Morgan fingerprint density at radius 2 is 1.42 bits per heavy atom. The number of aromatic hydroxyl groups is 1. The van der Waals surface area contributed by atoms with Gasteiger partial charge in [0.25, 0.3) is 5.95 Å². The predicted octanol–water partition coefficient (Wildman–Crippen LogP) is 10.3. The average Bonchev–Trinajstić information content (AvgIpc) is 4.04. The second-order valence-electron chi connectivity index (χ2n) is 20.7. The van der Waals surface area contributed by atoms with Gasteiger partial charge in [-0.1, -0.05) is 45.8 Å². The van der Waals surface area contributed by atoms with E-state index in [1.165, 1.54) is 16.6 Å². The van der Waals surface area contributed by atoms with E-state index in [0.29, 0.717) is 48.4 Å². The minimum absolute atomic E-state index is 0.00439. The summed E-state index contributed by atoms with van der Waals surface area (Å²) >= 11 is -0.192. The summed E-state index contributed by atoms with van der Waals surface area (Å²) in [7, 11) is 1.37. The van der Waals surface area contributed by atoms with E-state index in [9.17, 15) is 24.3 Å². The number of benzene rings is 3. The number of hydrogen-bond donors (Lipinski definition) is 1. The first-order valence-electron chi connectivity index (χ1n) is 24.3. The molecule has 3 aromatic carbocycles. The van der Waals surface area contributed by atoms with Crippen LogP contribution >= 0.6 is 0 Å². The third-order valence-corrected chi connectivity index (χ3v) is 18.4. The number of phenolic OH excluding ortho intramolecular Hbond substituents is 1. The topological polar surface area (TPSA) is 162 Å². The van der Waals surface area contributed by atoms with Crippen molar-refractivity contribution in [1.29, 1.82) is 0 Å². The summed E-state index contributed by atoms with van der Waals surface area (Å²) in [5.74, 6) is 1.29. The first-order chi connectivity index (χ1) is 34.7. The van der Waals surface area contributed by atoms with Crippen LogP contribution in [0.4, 0.5) is 0 Å². The molecule has 1 N–H and O–H groups in total. The molecule has 1 aliphatic carbocycles. The SMILES string of the molecule is C/C=C(/C=C(\OC)O[Si](C)(C)C)OC.C=C.COC1=CC(=O)C2([Se]c3ccccc3)C(=O)OCC2C1C.C[Si](C)(C)C.Cc1c(O)cc(OCC[Si](C)(C)C)c2c1COC2=O.O=C1OCC=C1[Se]c1ccccc1. The summed E-state index contributed by atoms with van der Waals surface area (Å²) in [6.07, 6.45) is 6.96. The normalized spacial score (nSPS) is 18.8. The molecule has 18 heteroatoms. The number of allylic oxidation sites excluding steroid dienone is 4. The number of fused-ring (bicyclic) bond motifs is 2. The van der Waals surface area contributed by atoms with E-state index in [1.54, 1.807) is 34.3 Å². The van der Waals surface area contributed by atoms with Crippen LogP contribution in [-0.2, 0) is 53.8 Å². The fraction of sp³-hybridized carbons (Fsp3) is 0.429. The summed E-state index contributed by atoms with van der Waals surface area (Å²) in [6.45, 7) is 35.6. The molecule has 1 saturated heterocycles. The molecule has 3 unspecified atom stereocenters. The molecule has 0 aromatic heterocycles. The van der Waals surface area contributed by atoms with E-state index in [1.807, 2.05) is 86.7 Å². The van der Waals surface area contributed by atoms with Gasteiger partial charge in [-0.15, -0.1) is 13.2 Å². The van der Waals surface area contributed by atoms with Crippen molar-refractivity contribution in [2.24, 2.45) is 11.8 Å². The number of ether oxygens (including phenoxy) is 7. The molecule has 3 aromatic rings. The standard InChI is InChI=1S/C16H16O4Se.C14H20O4Si.C10H20O3Si.C10H8O2Se.C4H12Si.C2H4/c1-10-12-9-20-15(18)16(12,14(17)8-13(10)19-2)21-11-6-4-3-5-7-11;1-9-10-8-18-14(16)13(10)12(7-11(9)15)17-5-6-19(2,3)4;1-7-9(11-2)8-10(12-3)13-14(4,5)6;11-10-9(6-7-12-10)13-8-4-2-1-3-5-8;1-5(2,3)4;1-2/h3-8,10,12H,9H2,1-2H3;7,15H,5-6,8H2,1-4H3;7-8H,1-6H3;1-6H,7H2;1-4H3;1-2H2/b;;9-7-,10-8+;;;. The molecule has 3 heterocycles. The third-order valence-electron chi connectivity index (χ3n) is 10.5. The van der Waals surface area contributed by atoms with Crippen LogP contribution in [0.25, 0.3) is 0 Å². The van der Waals surface area contributed by atoms with Crippen LogP contribution in [0, 0.1) is 18.8 Å². The Balaban J connectivity index is 0.000000329. The number of esters is 3. The molecule has 0 amide bonds. The zero-order valence-electron chi connectivity index (χ0n) is 46.4. The Kier molecular flexibility index (Phi) is 26.8. The van der Waals surface area contributed by atoms with Crippen molar-refractivity contribution in [1.82, 2.24) is 0 Å². The Bertz CT molecular complexity index is 2450. The summed E-state index contributed by atoms with van der Waals surface area (Å²) in [5.41, 5.74) is 1.91. The van der Waals surface area contributed by atoms with Gasteiger partial charge in [0.1, 0.15) is 29.4 Å². The van der Waals surface area contributed by atoms with E-state index in [-0.39, 0.29) is 77.8 Å². The molecule has 0 saturated carbocycles. The van der Waals surface area contributed by atoms with Crippen molar-refractivity contribution >= 4 is 87.0 Å². The van der Waals surface area contributed by atoms with Crippen molar-refractivity contribution in [2.75, 3.05) is 41.2 Å². The summed E-state index contributed by atoms with van der Waals surface area (Å²) in [4.78, 5) is 47.9. The van der Waals surface area contributed by atoms with Gasteiger partial charge < -0.3 is 28.5 Å². The van der Waals surface area contributed by atoms with Gasteiger partial charge in [0.15, 0.2) is 0 Å². The van der Waals surface area contributed by atoms with Crippen molar-refractivity contribution < 1.29 is 61.9 Å². The van der Waals surface area contributed by atoms with Gasteiger partial charge in [0.2, 0.25) is 8.32 Å². The fourth-order valence-electron chi connectivity index (χ4n) is 6.82. The van der Waals surface area contributed by atoms with Gasteiger partial charge in [0, 0.05) is 27.8 Å². The zero-order chi connectivity index (χ0) is 56.0. The van der Waals surface area contributed by atoms with Gasteiger partial charge in [-0.05, 0) is 51.2 Å². The van der Waals surface area contributed by atoms with Crippen LogP contribution < -0.4 is 13.7 Å². The minimum atomic E-state index is -1.61. The molecule has 4 aliphatic rings. The summed E-state index contributed by atoms with van der Waals surface area (Å²) < 4.78 is 44.0. The van der Waals surface area contributed by atoms with Gasteiger partial charge >= 0.3 is 218 Å². The maximum absolute atomic E-state index is 12.7. The molecule has 406 valence electrons. The quantitative estimate of drug-likeness (QED) is 0.0309. The third kappa shape index (κ3) is 20.9. The molecule has 0 bridgehead atoms. The second-order valence-corrected chi connectivity index (χ2v) is 41.9. The van der Waals surface area contributed by atoms with E-state index in [2.05, 4.69) is 78.6 Å². The van der Waals surface area contributed by atoms with Gasteiger partial charge in [0.05, 0.1) is 26.9 Å². The van der Waals surface area contributed by atoms with Crippen LogP contribution in [0.3, 0.4) is 0 Å². The van der Waals surface area contributed by atoms with Gasteiger partial charge in [-0.25, -0.2) is 4.79 Å². The van der Waals surface area contributed by atoms with Crippen LogP contribution in [-0.4, -0.2) is 124 Å². The molecule has 7 rings (SSSR count). The Hall–Kier alpha value is -5.07. The van der Waals surface area contributed by atoms with Crippen molar-refractivity contribution in [3.05, 3.63) is 143 Å². The molecule has 74 heavy (non-hydrogen) atoms. The molecule has 1 fully saturated rings. The number of ketones is 1. The summed E-state index contributed by atoms with van der Waals surface area (Å²) in [5, 5.41) is 9.87. The molecule has 0 spiro atoms. The monoisotopic (exact) mass is 1200 g/mol. The van der Waals surface area contributed by atoms with Crippen LogP contribution in [0.1, 0.15) is 35.3 Å². The van der Waals surface area contributed by atoms with Crippen LogP contribution in [0.15, 0.2) is 126 Å². The van der Waals surface area contributed by atoms with Crippen LogP contribution in [0.2, 0.25) is 75.8 Å². The molecular weight excluding hydrogens is 1120 g/mol. The molecule has 0 radical (unpaired) electrons. The van der Waals surface area contributed by atoms with E-state index in [0.717, 1.165) is 26.3 Å². The Morgan fingerprint density at radius 1 is 0.838 bits per heavy atom. The average molecular weight is 1200 g/mol. The number of methoxy groups -OCH3 is 3. The maximum atomic E-state index is 12.7.